The van der Waals surface area contributed by atoms with Crippen LogP contribution in [0.3, 0.4) is 0 Å². The SMILES string of the molecule is CC[C@@H](CC(N)=O)Nc1cc(Cl)cc(Cl)c1.CC[C@H](CC(N)=O)Nc1cc(Cl)cc(Cl)c1. The lowest BCUT2D eigenvalue weighted by atomic mass is 10.1. The van der Waals surface area contributed by atoms with Gasteiger partial charge in [-0.05, 0) is 49.2 Å². The third kappa shape index (κ3) is 11.7. The molecular formula is C22H28Cl4N4O2. The third-order valence-electron chi connectivity index (χ3n) is 4.35. The molecule has 0 aliphatic rings. The van der Waals surface area contributed by atoms with Crippen molar-refractivity contribution in [2.24, 2.45) is 11.5 Å². The topological polar surface area (TPSA) is 110 Å². The fourth-order valence-electron chi connectivity index (χ4n) is 2.83. The quantitative estimate of drug-likeness (QED) is 0.302. The number of rotatable bonds is 10. The molecule has 0 spiro atoms. The van der Waals surface area contributed by atoms with E-state index in [0.717, 1.165) is 24.2 Å². The van der Waals surface area contributed by atoms with Gasteiger partial charge in [0.2, 0.25) is 11.8 Å². The molecule has 2 amide bonds. The second kappa shape index (κ2) is 14.3. The zero-order valence-electron chi connectivity index (χ0n) is 17.9. The Morgan fingerprint density at radius 1 is 0.688 bits per heavy atom. The maximum absolute atomic E-state index is 10.8. The summed E-state index contributed by atoms with van der Waals surface area (Å²) in [6, 6.07) is 10.4. The highest BCUT2D eigenvalue weighted by molar-refractivity contribution is 6.35. The Morgan fingerprint density at radius 2 is 0.969 bits per heavy atom. The summed E-state index contributed by atoms with van der Waals surface area (Å²) in [4.78, 5) is 21.6. The first-order chi connectivity index (χ1) is 15.0. The monoisotopic (exact) mass is 520 g/mol. The van der Waals surface area contributed by atoms with Crippen molar-refractivity contribution in [3.8, 4) is 0 Å². The van der Waals surface area contributed by atoms with Gasteiger partial charge < -0.3 is 22.1 Å². The van der Waals surface area contributed by atoms with Gasteiger partial charge in [0.25, 0.3) is 0 Å². The van der Waals surface area contributed by atoms with Crippen LogP contribution in [0.15, 0.2) is 36.4 Å². The second-order valence-electron chi connectivity index (χ2n) is 7.16. The first kappa shape index (κ1) is 28.2. The van der Waals surface area contributed by atoms with Crippen LogP contribution in [0.1, 0.15) is 39.5 Å². The second-order valence-corrected chi connectivity index (χ2v) is 8.90. The van der Waals surface area contributed by atoms with Gasteiger partial charge in [0.15, 0.2) is 0 Å². The van der Waals surface area contributed by atoms with Gasteiger partial charge in [-0.25, -0.2) is 0 Å². The van der Waals surface area contributed by atoms with Gasteiger partial charge in [0, 0.05) is 56.4 Å². The van der Waals surface area contributed by atoms with Crippen molar-refractivity contribution >= 4 is 69.6 Å². The summed E-state index contributed by atoms with van der Waals surface area (Å²) in [5.41, 5.74) is 11.9. The normalized spacial score (nSPS) is 12.2. The van der Waals surface area contributed by atoms with Gasteiger partial charge in [-0.2, -0.15) is 0 Å². The molecule has 0 aliphatic heterocycles. The molecule has 32 heavy (non-hydrogen) atoms. The Balaban J connectivity index is 0.000000320. The molecule has 2 aromatic carbocycles. The Kier molecular flexibility index (Phi) is 12.6. The van der Waals surface area contributed by atoms with Gasteiger partial charge >= 0.3 is 0 Å². The number of hydrogen-bond acceptors (Lipinski definition) is 4. The minimum absolute atomic E-state index is 0.00651. The van der Waals surface area contributed by atoms with E-state index >= 15 is 0 Å². The van der Waals surface area contributed by atoms with Crippen molar-refractivity contribution in [3.05, 3.63) is 56.5 Å². The fraction of sp³-hybridized carbons (Fsp3) is 0.364. The molecule has 6 N–H and O–H groups in total. The van der Waals surface area contributed by atoms with Crippen molar-refractivity contribution < 1.29 is 9.59 Å². The van der Waals surface area contributed by atoms with Gasteiger partial charge in [-0.3, -0.25) is 9.59 Å². The van der Waals surface area contributed by atoms with Crippen LogP contribution in [0.2, 0.25) is 20.1 Å². The van der Waals surface area contributed by atoms with E-state index in [2.05, 4.69) is 10.6 Å². The summed E-state index contributed by atoms with van der Waals surface area (Å²) < 4.78 is 0. The maximum Gasteiger partial charge on any atom is 0.219 e. The van der Waals surface area contributed by atoms with Crippen LogP contribution in [0.25, 0.3) is 0 Å². The molecule has 10 heteroatoms. The summed E-state index contributed by atoms with van der Waals surface area (Å²) in [7, 11) is 0. The number of halogens is 4. The predicted octanol–water partition coefficient (Wildman–Crippen LogP) is 6.12. The minimum atomic E-state index is -0.326. The Labute approximate surface area is 208 Å². The van der Waals surface area contributed by atoms with Crippen LogP contribution in [0.5, 0.6) is 0 Å². The molecule has 2 rings (SSSR count). The van der Waals surface area contributed by atoms with Crippen LogP contribution < -0.4 is 22.1 Å². The van der Waals surface area contributed by atoms with Crippen LogP contribution in [0, 0.1) is 0 Å². The molecule has 2 aromatic rings. The van der Waals surface area contributed by atoms with Crippen LogP contribution in [-0.2, 0) is 9.59 Å². The molecule has 0 unspecified atom stereocenters. The van der Waals surface area contributed by atoms with E-state index in [1.807, 2.05) is 13.8 Å². The number of anilines is 2. The number of nitrogens with one attached hydrogen (secondary N) is 2. The lowest BCUT2D eigenvalue weighted by Crippen LogP contribution is -2.26. The zero-order chi connectivity index (χ0) is 24.3. The van der Waals surface area contributed by atoms with E-state index in [9.17, 15) is 9.59 Å². The molecule has 2 atom stereocenters. The van der Waals surface area contributed by atoms with Crippen molar-refractivity contribution in [2.75, 3.05) is 10.6 Å². The number of amides is 2. The predicted molar refractivity (Wildman–Crippen MR) is 136 cm³/mol. The maximum atomic E-state index is 10.8. The van der Waals surface area contributed by atoms with E-state index in [1.54, 1.807) is 36.4 Å². The molecule has 0 fully saturated rings. The fourth-order valence-corrected chi connectivity index (χ4v) is 3.88. The highest BCUT2D eigenvalue weighted by atomic mass is 35.5. The van der Waals surface area contributed by atoms with Crippen LogP contribution >= 0.6 is 46.4 Å². The molecule has 176 valence electrons. The number of carbonyl (C=O) groups excluding carboxylic acids is 2. The summed E-state index contributed by atoms with van der Waals surface area (Å²) in [5, 5.41) is 8.58. The molecule has 0 aromatic heterocycles. The molecule has 0 heterocycles. The molecular weight excluding hydrogens is 494 g/mol. The lowest BCUT2D eigenvalue weighted by molar-refractivity contribution is -0.119. The number of primary amides is 2. The molecule has 6 nitrogen and oxygen atoms in total. The van der Waals surface area contributed by atoms with Crippen molar-refractivity contribution in [3.63, 3.8) is 0 Å². The van der Waals surface area contributed by atoms with E-state index in [-0.39, 0.29) is 23.9 Å². The highest BCUT2D eigenvalue weighted by Crippen LogP contribution is 2.24. The van der Waals surface area contributed by atoms with E-state index in [0.29, 0.717) is 32.9 Å². The number of nitrogens with two attached hydrogens (primary N) is 2. The third-order valence-corrected chi connectivity index (χ3v) is 5.22. The molecule has 0 bridgehead atoms. The zero-order valence-corrected chi connectivity index (χ0v) is 21.0. The van der Waals surface area contributed by atoms with Gasteiger partial charge in [0.05, 0.1) is 0 Å². The Morgan fingerprint density at radius 3 is 1.19 bits per heavy atom. The molecule has 0 saturated carbocycles. The Hall–Kier alpha value is -1.86. The van der Waals surface area contributed by atoms with Crippen molar-refractivity contribution in [2.45, 2.75) is 51.6 Å². The van der Waals surface area contributed by atoms with Crippen molar-refractivity contribution in [1.29, 1.82) is 0 Å². The standard InChI is InChI=1S/2C11H14Cl2N2O/c2*1-2-9(6-11(14)16)15-10-4-7(12)3-8(13)5-10/h2*3-5,9,15H,2,6H2,1H3,(H2,14,16)/t2*9-/m10/s1. The van der Waals surface area contributed by atoms with Gasteiger partial charge in [0.1, 0.15) is 0 Å². The van der Waals surface area contributed by atoms with Gasteiger partial charge in [-0.1, -0.05) is 60.3 Å². The summed E-state index contributed by atoms with van der Waals surface area (Å²) in [6.45, 7) is 3.96. The largest absolute Gasteiger partial charge is 0.382 e. The number of benzene rings is 2. The molecule has 0 saturated heterocycles. The highest BCUT2D eigenvalue weighted by Gasteiger charge is 2.11. The van der Waals surface area contributed by atoms with E-state index in [4.69, 9.17) is 57.9 Å². The van der Waals surface area contributed by atoms with Crippen molar-refractivity contribution in [1.82, 2.24) is 0 Å². The number of hydrogen-bond donors (Lipinski definition) is 4. The first-order valence-corrected chi connectivity index (χ1v) is 11.5. The van der Waals surface area contributed by atoms with E-state index < -0.39 is 0 Å². The average Bonchev–Trinajstić information content (AvgIpc) is 2.65. The van der Waals surface area contributed by atoms with Crippen LogP contribution in [-0.4, -0.2) is 23.9 Å². The smallest absolute Gasteiger partial charge is 0.219 e. The minimum Gasteiger partial charge on any atom is -0.382 e. The number of carbonyl (C=O) groups is 2. The summed E-state index contributed by atoms with van der Waals surface area (Å²) in [6.07, 6.45) is 2.18. The molecule has 0 aliphatic carbocycles. The first-order valence-electron chi connectivity index (χ1n) is 10.0. The average molecular weight is 522 g/mol. The molecule has 0 radical (unpaired) electrons. The summed E-state index contributed by atoms with van der Waals surface area (Å²) >= 11 is 23.5. The Bertz CT molecular complexity index is 797. The lowest BCUT2D eigenvalue weighted by Gasteiger charge is -2.17. The van der Waals surface area contributed by atoms with Gasteiger partial charge in [-0.15, -0.1) is 0 Å². The summed E-state index contributed by atoms with van der Waals surface area (Å²) in [5.74, 6) is -0.653. The van der Waals surface area contributed by atoms with Crippen LogP contribution in [0.4, 0.5) is 11.4 Å². The van der Waals surface area contributed by atoms with E-state index in [1.165, 1.54) is 0 Å².